The Morgan fingerprint density at radius 1 is 1.42 bits per heavy atom. The normalized spacial score (nSPS) is 16.9. The van der Waals surface area contributed by atoms with Gasteiger partial charge in [-0.1, -0.05) is 11.6 Å². The molecule has 2 N–H and O–H groups in total. The second kappa shape index (κ2) is 4.56. The lowest BCUT2D eigenvalue weighted by molar-refractivity contribution is -0.163. The molecule has 1 heterocycles. The molecule has 1 aliphatic carbocycles. The van der Waals surface area contributed by atoms with E-state index in [2.05, 4.69) is 10.3 Å². The quantitative estimate of drug-likeness (QED) is 0.842. The maximum atomic E-state index is 12.7. The summed E-state index contributed by atoms with van der Waals surface area (Å²) < 4.78 is 38.2. The summed E-state index contributed by atoms with van der Waals surface area (Å²) in [5, 5.41) is 4.73. The van der Waals surface area contributed by atoms with Gasteiger partial charge in [-0.15, -0.1) is 0 Å². The van der Waals surface area contributed by atoms with Gasteiger partial charge in [-0.3, -0.25) is 4.79 Å². The molecule has 19 heavy (non-hydrogen) atoms. The molecule has 2 rings (SSSR count). The smallest absolute Gasteiger partial charge is 0.373 e. The van der Waals surface area contributed by atoms with Crippen LogP contribution in [0.5, 0.6) is 0 Å². The van der Waals surface area contributed by atoms with E-state index in [1.807, 2.05) is 5.32 Å². The Balaban J connectivity index is 2.19. The minimum atomic E-state index is -4.44. The average Bonchev–Trinajstić information content (AvgIpc) is 3.08. The van der Waals surface area contributed by atoms with E-state index in [4.69, 9.17) is 11.6 Å². The summed E-state index contributed by atoms with van der Waals surface area (Å²) in [5.74, 6) is -0.495. The average molecular weight is 294 g/mol. The zero-order chi connectivity index (χ0) is 14.3. The van der Waals surface area contributed by atoms with Crippen molar-refractivity contribution in [2.75, 3.05) is 12.4 Å². The Bertz CT molecular complexity index is 514. The van der Waals surface area contributed by atoms with E-state index in [9.17, 15) is 18.0 Å². The van der Waals surface area contributed by atoms with E-state index < -0.39 is 17.6 Å². The number of carbonyl (C=O) groups is 1. The standard InChI is InChI=1S/C11H11ClF3N3O/c1-16-8-5-6(4-7(12)17-8)9(19)18-10(2-3-10)11(13,14)15/h4-5H,2-3H2,1H3,(H,16,17)(H,18,19). The molecule has 0 aromatic carbocycles. The maximum absolute atomic E-state index is 12.7. The van der Waals surface area contributed by atoms with Gasteiger partial charge in [0.2, 0.25) is 0 Å². The minimum absolute atomic E-state index is 0.0360. The molecule has 1 aromatic heterocycles. The van der Waals surface area contributed by atoms with Gasteiger partial charge in [0.25, 0.3) is 5.91 Å². The topological polar surface area (TPSA) is 54.0 Å². The number of hydrogen-bond donors (Lipinski definition) is 2. The van der Waals surface area contributed by atoms with Crippen molar-refractivity contribution in [2.45, 2.75) is 24.6 Å². The lowest BCUT2D eigenvalue weighted by atomic mass is 10.2. The van der Waals surface area contributed by atoms with Crippen molar-refractivity contribution in [2.24, 2.45) is 0 Å². The van der Waals surface area contributed by atoms with Gasteiger partial charge in [0.05, 0.1) is 0 Å². The van der Waals surface area contributed by atoms with Gasteiger partial charge >= 0.3 is 6.18 Å². The first-order chi connectivity index (χ1) is 8.77. The van der Waals surface area contributed by atoms with Crippen molar-refractivity contribution in [3.8, 4) is 0 Å². The molecule has 4 nitrogen and oxygen atoms in total. The summed E-state index contributed by atoms with van der Waals surface area (Å²) in [4.78, 5) is 15.7. The van der Waals surface area contributed by atoms with Crippen molar-refractivity contribution in [3.63, 3.8) is 0 Å². The van der Waals surface area contributed by atoms with Crippen LogP contribution in [0.3, 0.4) is 0 Å². The molecule has 1 aliphatic rings. The zero-order valence-electron chi connectivity index (χ0n) is 9.94. The van der Waals surface area contributed by atoms with Gasteiger partial charge < -0.3 is 10.6 Å². The van der Waals surface area contributed by atoms with Crippen molar-refractivity contribution in [1.82, 2.24) is 10.3 Å². The van der Waals surface area contributed by atoms with E-state index >= 15 is 0 Å². The summed E-state index contributed by atoms with van der Waals surface area (Å²) in [6.07, 6.45) is -4.63. The number of halogens is 4. The maximum Gasteiger partial charge on any atom is 0.411 e. The van der Waals surface area contributed by atoms with Crippen LogP contribution in [0.2, 0.25) is 5.15 Å². The molecule has 1 amide bonds. The molecule has 104 valence electrons. The largest absolute Gasteiger partial charge is 0.411 e. The predicted octanol–water partition coefficient (Wildman–Crippen LogP) is 2.60. The molecule has 0 saturated heterocycles. The first-order valence-electron chi connectivity index (χ1n) is 5.52. The predicted molar refractivity (Wildman–Crippen MR) is 64.3 cm³/mol. The van der Waals surface area contributed by atoms with E-state index in [0.29, 0.717) is 5.82 Å². The number of pyridine rings is 1. The molecule has 1 fully saturated rings. The fourth-order valence-corrected chi connectivity index (χ4v) is 1.86. The van der Waals surface area contributed by atoms with E-state index in [1.165, 1.54) is 12.1 Å². The lowest BCUT2D eigenvalue weighted by Gasteiger charge is -2.20. The van der Waals surface area contributed by atoms with E-state index in [1.54, 1.807) is 7.05 Å². The highest BCUT2D eigenvalue weighted by atomic mass is 35.5. The summed E-state index contributed by atoms with van der Waals surface area (Å²) in [5.41, 5.74) is -2.04. The Labute approximate surface area is 112 Å². The third-order valence-corrected chi connectivity index (χ3v) is 3.15. The Morgan fingerprint density at radius 2 is 2.05 bits per heavy atom. The lowest BCUT2D eigenvalue weighted by Crippen LogP contribution is -2.47. The Morgan fingerprint density at radius 3 is 2.53 bits per heavy atom. The van der Waals surface area contributed by atoms with Gasteiger partial charge in [0.15, 0.2) is 0 Å². The van der Waals surface area contributed by atoms with Crippen LogP contribution in [0.25, 0.3) is 0 Å². The molecule has 0 spiro atoms. The molecular weight excluding hydrogens is 283 g/mol. The fourth-order valence-electron chi connectivity index (χ4n) is 1.65. The van der Waals surface area contributed by atoms with Crippen LogP contribution in [-0.2, 0) is 0 Å². The molecule has 0 bridgehead atoms. The first-order valence-corrected chi connectivity index (χ1v) is 5.90. The summed E-state index contributed by atoms with van der Waals surface area (Å²) in [7, 11) is 1.57. The number of hydrogen-bond acceptors (Lipinski definition) is 3. The molecule has 1 saturated carbocycles. The van der Waals surface area contributed by atoms with Gasteiger partial charge in [-0.05, 0) is 25.0 Å². The van der Waals surface area contributed by atoms with Crippen molar-refractivity contribution in [1.29, 1.82) is 0 Å². The number of rotatable bonds is 3. The van der Waals surface area contributed by atoms with Crippen LogP contribution in [0.15, 0.2) is 12.1 Å². The van der Waals surface area contributed by atoms with Crippen LogP contribution >= 0.6 is 11.6 Å². The molecule has 0 unspecified atom stereocenters. The molecule has 8 heteroatoms. The second-order valence-electron chi connectivity index (χ2n) is 4.35. The number of carbonyl (C=O) groups excluding carboxylic acids is 1. The highest BCUT2D eigenvalue weighted by Crippen LogP contribution is 2.49. The monoisotopic (exact) mass is 293 g/mol. The summed E-state index contributed by atoms with van der Waals surface area (Å²) in [6, 6.07) is 2.57. The molecule has 1 aromatic rings. The van der Waals surface area contributed by atoms with Gasteiger partial charge in [-0.2, -0.15) is 13.2 Å². The van der Waals surface area contributed by atoms with Crippen LogP contribution in [0.1, 0.15) is 23.2 Å². The highest BCUT2D eigenvalue weighted by molar-refractivity contribution is 6.29. The number of amides is 1. The Kier molecular flexibility index (Phi) is 3.34. The van der Waals surface area contributed by atoms with Crippen LogP contribution in [0.4, 0.5) is 19.0 Å². The van der Waals surface area contributed by atoms with Crippen LogP contribution in [-0.4, -0.2) is 29.7 Å². The van der Waals surface area contributed by atoms with E-state index in [0.717, 1.165) is 0 Å². The van der Waals surface area contributed by atoms with Crippen molar-refractivity contribution >= 4 is 23.3 Å². The number of nitrogens with one attached hydrogen (secondary N) is 2. The molecule has 0 aliphatic heterocycles. The number of anilines is 1. The first kappa shape index (κ1) is 13.9. The third kappa shape index (κ3) is 2.75. The minimum Gasteiger partial charge on any atom is -0.373 e. The van der Waals surface area contributed by atoms with Gasteiger partial charge in [-0.25, -0.2) is 4.98 Å². The number of aromatic nitrogens is 1. The fraction of sp³-hybridized carbons (Fsp3) is 0.455. The van der Waals surface area contributed by atoms with Crippen molar-refractivity contribution < 1.29 is 18.0 Å². The Hall–Kier alpha value is -1.50. The molecular formula is C11H11ClF3N3O. The highest BCUT2D eigenvalue weighted by Gasteiger charge is 2.64. The van der Waals surface area contributed by atoms with E-state index in [-0.39, 0.29) is 23.6 Å². The third-order valence-electron chi connectivity index (χ3n) is 2.96. The van der Waals surface area contributed by atoms with Crippen LogP contribution < -0.4 is 10.6 Å². The molecule has 0 radical (unpaired) electrons. The second-order valence-corrected chi connectivity index (χ2v) is 4.74. The molecule has 0 atom stereocenters. The number of alkyl halides is 3. The SMILES string of the molecule is CNc1cc(C(=O)NC2(C(F)(F)F)CC2)cc(Cl)n1. The van der Waals surface area contributed by atoms with Gasteiger partial charge in [0, 0.05) is 12.6 Å². The van der Waals surface area contributed by atoms with Gasteiger partial charge in [0.1, 0.15) is 16.5 Å². The van der Waals surface area contributed by atoms with Crippen LogP contribution in [0, 0.1) is 0 Å². The summed E-state index contributed by atoms with van der Waals surface area (Å²) >= 11 is 5.70. The number of nitrogens with zero attached hydrogens (tertiary/aromatic N) is 1. The summed E-state index contributed by atoms with van der Waals surface area (Å²) in [6.45, 7) is 0. The zero-order valence-corrected chi connectivity index (χ0v) is 10.7. The van der Waals surface area contributed by atoms with Crippen molar-refractivity contribution in [3.05, 3.63) is 22.8 Å².